The normalized spacial score (nSPS) is 27.5. The van der Waals surface area contributed by atoms with Crippen molar-refractivity contribution in [3.63, 3.8) is 0 Å². The summed E-state index contributed by atoms with van der Waals surface area (Å²) < 4.78 is 13.3. The number of carbonyl (C=O) groups is 1. The zero-order valence-electron chi connectivity index (χ0n) is 18.7. The summed E-state index contributed by atoms with van der Waals surface area (Å²) in [5.74, 6) is 1.09. The van der Waals surface area contributed by atoms with Gasteiger partial charge in [-0.25, -0.2) is 0 Å². The minimum absolute atomic E-state index is 0.000162. The monoisotopic (exact) mass is 443 g/mol. The fourth-order valence-corrected chi connectivity index (χ4v) is 5.81. The van der Waals surface area contributed by atoms with Crippen molar-refractivity contribution in [1.82, 2.24) is 4.90 Å². The van der Waals surface area contributed by atoms with Gasteiger partial charge in [-0.3, -0.25) is 9.69 Å². The third-order valence-electron chi connectivity index (χ3n) is 6.31. The van der Waals surface area contributed by atoms with Gasteiger partial charge in [-0.1, -0.05) is 77.7 Å². The molecule has 0 aliphatic carbocycles. The van der Waals surface area contributed by atoms with E-state index < -0.39 is 8.32 Å². The Bertz CT molecular complexity index is 615. The molecule has 0 saturated carbocycles. The summed E-state index contributed by atoms with van der Waals surface area (Å²) in [7, 11) is -1.81. The molecule has 0 aromatic carbocycles. The van der Waals surface area contributed by atoms with Crippen LogP contribution in [0.4, 0.5) is 0 Å². The van der Waals surface area contributed by atoms with Gasteiger partial charge in [0.15, 0.2) is 8.32 Å². The molecule has 4 nitrogen and oxygen atoms in total. The first-order valence-electron chi connectivity index (χ1n) is 10.3. The first-order chi connectivity index (χ1) is 12.8. The highest BCUT2D eigenvalue weighted by molar-refractivity contribution is 8.23. The molecule has 7 heteroatoms. The Morgan fingerprint density at radius 2 is 2.04 bits per heavy atom. The summed E-state index contributed by atoms with van der Waals surface area (Å²) in [6.45, 7) is 18.1. The SMILES string of the molecule is CC(C)[C@@H]1CSC(=S)N1C(=O)[C@@H](C)[C@H]1C=CC[C@@H](CO[Si](C)(C)C(C)(C)C)O1. The molecule has 0 spiro atoms. The number of amides is 1. The first kappa shape index (κ1) is 24.1. The zero-order valence-corrected chi connectivity index (χ0v) is 21.3. The molecule has 2 aliphatic heterocycles. The molecular weight excluding hydrogens is 406 g/mol. The highest BCUT2D eigenvalue weighted by atomic mass is 32.2. The van der Waals surface area contributed by atoms with Gasteiger partial charge < -0.3 is 9.16 Å². The van der Waals surface area contributed by atoms with Crippen molar-refractivity contribution in [3.05, 3.63) is 12.2 Å². The van der Waals surface area contributed by atoms with Crippen molar-refractivity contribution in [3.8, 4) is 0 Å². The van der Waals surface area contributed by atoms with Gasteiger partial charge in [-0.15, -0.1) is 0 Å². The van der Waals surface area contributed by atoms with E-state index in [0.717, 1.165) is 12.2 Å². The van der Waals surface area contributed by atoms with Gasteiger partial charge in [0.25, 0.3) is 0 Å². The van der Waals surface area contributed by atoms with Crippen LogP contribution >= 0.6 is 24.0 Å². The molecule has 0 unspecified atom stereocenters. The molecule has 2 aliphatic rings. The summed E-state index contributed by atoms with van der Waals surface area (Å²) >= 11 is 7.08. The third kappa shape index (κ3) is 5.48. The summed E-state index contributed by atoms with van der Waals surface area (Å²) in [5, 5.41) is 0.176. The fourth-order valence-electron chi connectivity index (χ4n) is 3.14. The molecule has 0 N–H and O–H groups in total. The molecule has 0 aromatic rings. The molecule has 1 fully saturated rings. The molecule has 2 heterocycles. The van der Waals surface area contributed by atoms with Gasteiger partial charge >= 0.3 is 0 Å². The molecule has 0 radical (unpaired) electrons. The van der Waals surface area contributed by atoms with Crippen LogP contribution < -0.4 is 0 Å². The average molecular weight is 444 g/mol. The predicted octanol–water partition coefficient (Wildman–Crippen LogP) is 5.24. The van der Waals surface area contributed by atoms with Crippen LogP contribution in [-0.4, -0.2) is 54.1 Å². The van der Waals surface area contributed by atoms with Crippen molar-refractivity contribution in [1.29, 1.82) is 0 Å². The van der Waals surface area contributed by atoms with E-state index in [1.165, 1.54) is 0 Å². The maximum absolute atomic E-state index is 13.2. The van der Waals surface area contributed by atoms with E-state index in [-0.39, 0.29) is 35.1 Å². The second-order valence-corrected chi connectivity index (χ2v) is 16.3. The smallest absolute Gasteiger partial charge is 0.234 e. The lowest BCUT2D eigenvalue weighted by Crippen LogP contribution is -2.48. The van der Waals surface area contributed by atoms with Gasteiger partial charge in [0.2, 0.25) is 5.91 Å². The molecule has 28 heavy (non-hydrogen) atoms. The lowest BCUT2D eigenvalue weighted by atomic mass is 9.97. The van der Waals surface area contributed by atoms with E-state index >= 15 is 0 Å². The quantitative estimate of drug-likeness (QED) is 0.319. The molecule has 1 amide bonds. The summed E-state index contributed by atoms with van der Waals surface area (Å²) in [5.41, 5.74) is 0. The van der Waals surface area contributed by atoms with Gasteiger partial charge in [0.1, 0.15) is 4.32 Å². The van der Waals surface area contributed by atoms with Gasteiger partial charge in [0.05, 0.1) is 24.7 Å². The second kappa shape index (κ2) is 9.29. The van der Waals surface area contributed by atoms with E-state index in [2.05, 4.69) is 53.8 Å². The number of thiocarbonyl (C=S) groups is 1. The predicted molar refractivity (Wildman–Crippen MR) is 125 cm³/mol. The summed E-state index contributed by atoms with van der Waals surface area (Å²) in [6.07, 6.45) is 4.77. The van der Waals surface area contributed by atoms with Crippen LogP contribution in [0.15, 0.2) is 12.2 Å². The topological polar surface area (TPSA) is 38.8 Å². The maximum Gasteiger partial charge on any atom is 0.234 e. The van der Waals surface area contributed by atoms with E-state index in [1.807, 2.05) is 17.9 Å². The lowest BCUT2D eigenvalue weighted by Gasteiger charge is -2.38. The largest absolute Gasteiger partial charge is 0.414 e. The van der Waals surface area contributed by atoms with E-state index in [0.29, 0.717) is 16.8 Å². The molecule has 0 aromatic heterocycles. The number of nitrogens with zero attached hydrogens (tertiary/aromatic N) is 1. The van der Waals surface area contributed by atoms with Crippen molar-refractivity contribution < 1.29 is 14.0 Å². The Kier molecular flexibility index (Phi) is 7.98. The second-order valence-electron chi connectivity index (χ2n) is 9.84. The average Bonchev–Trinajstić information content (AvgIpc) is 3.00. The maximum atomic E-state index is 13.2. The van der Waals surface area contributed by atoms with Crippen molar-refractivity contribution >= 4 is 42.5 Å². The number of hydrogen-bond donors (Lipinski definition) is 0. The van der Waals surface area contributed by atoms with Crippen molar-refractivity contribution in [2.24, 2.45) is 11.8 Å². The Balaban J connectivity index is 2.00. The van der Waals surface area contributed by atoms with Crippen LogP contribution in [0.5, 0.6) is 0 Å². The van der Waals surface area contributed by atoms with E-state index in [4.69, 9.17) is 21.4 Å². The fraction of sp³-hybridized carbons (Fsp3) is 0.810. The Morgan fingerprint density at radius 1 is 1.39 bits per heavy atom. The molecular formula is C21H37NO3S2Si. The molecule has 1 saturated heterocycles. The van der Waals surface area contributed by atoms with Crippen LogP contribution in [-0.2, 0) is 14.0 Å². The summed E-state index contributed by atoms with van der Waals surface area (Å²) in [6, 6.07) is 0.178. The van der Waals surface area contributed by atoms with Crippen LogP contribution in [0.25, 0.3) is 0 Å². The van der Waals surface area contributed by atoms with Gasteiger partial charge in [-0.05, 0) is 30.5 Å². The molecule has 0 bridgehead atoms. The number of carbonyl (C=O) groups excluding carboxylic acids is 1. The zero-order chi connectivity index (χ0) is 21.3. The first-order valence-corrected chi connectivity index (χ1v) is 14.6. The highest BCUT2D eigenvalue weighted by Gasteiger charge is 2.41. The number of ether oxygens (including phenoxy) is 1. The minimum Gasteiger partial charge on any atom is -0.414 e. The Hall–Kier alpha value is -0.213. The van der Waals surface area contributed by atoms with Crippen molar-refractivity contribution in [2.75, 3.05) is 12.4 Å². The highest BCUT2D eigenvalue weighted by Crippen LogP contribution is 2.37. The summed E-state index contributed by atoms with van der Waals surface area (Å²) in [4.78, 5) is 15.0. The molecule has 2 rings (SSSR count). The third-order valence-corrected chi connectivity index (χ3v) is 12.3. The van der Waals surface area contributed by atoms with Crippen LogP contribution in [0.2, 0.25) is 18.1 Å². The van der Waals surface area contributed by atoms with Crippen LogP contribution in [0, 0.1) is 11.8 Å². The lowest BCUT2D eigenvalue weighted by molar-refractivity contribution is -0.139. The molecule has 160 valence electrons. The standard InChI is InChI=1S/C21H37NO3S2Si/c1-14(2)17-13-27-20(26)22(17)19(23)15(3)18-11-9-10-16(25-18)12-24-28(7,8)21(4,5)6/h9,11,14-18H,10,12-13H2,1-8H3/t15-,16-,17-,18+/m0/s1. The van der Waals surface area contributed by atoms with Gasteiger partial charge in [0, 0.05) is 11.8 Å². The number of rotatable bonds is 6. The van der Waals surface area contributed by atoms with Crippen molar-refractivity contribution in [2.45, 2.75) is 84.3 Å². The molecule has 4 atom stereocenters. The minimum atomic E-state index is -1.81. The Labute approximate surface area is 181 Å². The number of thioether (sulfide) groups is 1. The Morgan fingerprint density at radius 3 is 2.61 bits per heavy atom. The van der Waals surface area contributed by atoms with Crippen LogP contribution in [0.3, 0.4) is 0 Å². The van der Waals surface area contributed by atoms with E-state index in [1.54, 1.807) is 11.8 Å². The van der Waals surface area contributed by atoms with Crippen LogP contribution in [0.1, 0.15) is 48.0 Å². The number of hydrogen-bond acceptors (Lipinski definition) is 5. The van der Waals surface area contributed by atoms with Gasteiger partial charge in [-0.2, -0.15) is 0 Å². The van der Waals surface area contributed by atoms with E-state index in [9.17, 15) is 4.79 Å².